The predicted molar refractivity (Wildman–Crippen MR) is 74.2 cm³/mol. The third-order valence-corrected chi connectivity index (χ3v) is 2.87. The maximum absolute atomic E-state index is 12.8. The van der Waals surface area contributed by atoms with Crippen LogP contribution in [0.1, 0.15) is 39.2 Å². The Hall–Kier alpha value is -1.50. The van der Waals surface area contributed by atoms with Gasteiger partial charge in [0.05, 0.1) is 5.56 Å². The summed E-state index contributed by atoms with van der Waals surface area (Å²) in [7, 11) is 0. The normalized spacial score (nSPS) is 13.4. The van der Waals surface area contributed by atoms with E-state index in [-0.39, 0.29) is 17.7 Å². The van der Waals surface area contributed by atoms with Crippen molar-refractivity contribution in [3.05, 3.63) is 17.7 Å². The summed E-state index contributed by atoms with van der Waals surface area (Å²) in [5.74, 6) is 5.86. The molecule has 0 aliphatic heterocycles. The van der Waals surface area contributed by atoms with Crippen LogP contribution in [0.25, 0.3) is 0 Å². The summed E-state index contributed by atoms with van der Waals surface area (Å²) in [6, 6.07) is 1.91. The standard InChI is InChI=1S/C13H21F3N4/c1-8(2)4-5-9(3)18-11-6-10(13(14,15)16)7-12(19-11)20-17/h6-9H,4-5,17H2,1-3H3,(H2,18,19,20). The fraction of sp³-hybridized carbons (Fsp3) is 0.615. The molecule has 114 valence electrons. The Labute approximate surface area is 116 Å². The van der Waals surface area contributed by atoms with Crippen LogP contribution in [-0.2, 0) is 6.18 Å². The van der Waals surface area contributed by atoms with E-state index in [0.717, 1.165) is 25.0 Å². The van der Waals surface area contributed by atoms with Crippen LogP contribution < -0.4 is 16.6 Å². The van der Waals surface area contributed by atoms with Gasteiger partial charge in [0.15, 0.2) is 0 Å². The SMILES string of the molecule is CC(C)CCC(C)Nc1cc(C(F)(F)F)cc(NN)n1. The molecule has 0 saturated carbocycles. The van der Waals surface area contributed by atoms with Crippen molar-refractivity contribution in [2.45, 2.75) is 45.8 Å². The Morgan fingerprint density at radius 2 is 1.75 bits per heavy atom. The molecule has 0 aliphatic rings. The smallest absolute Gasteiger partial charge is 0.368 e. The summed E-state index contributed by atoms with van der Waals surface area (Å²) < 4.78 is 38.3. The molecular weight excluding hydrogens is 269 g/mol. The first-order chi connectivity index (χ1) is 9.22. The molecule has 1 unspecified atom stereocenters. The van der Waals surface area contributed by atoms with E-state index in [0.29, 0.717) is 5.92 Å². The highest BCUT2D eigenvalue weighted by atomic mass is 19.4. The quantitative estimate of drug-likeness (QED) is 0.553. The number of alkyl halides is 3. The van der Waals surface area contributed by atoms with Crippen LogP contribution in [0.3, 0.4) is 0 Å². The summed E-state index contributed by atoms with van der Waals surface area (Å²) in [6.07, 6.45) is -2.57. The lowest BCUT2D eigenvalue weighted by atomic mass is 10.0. The second-order valence-corrected chi connectivity index (χ2v) is 5.28. The fourth-order valence-corrected chi connectivity index (χ4v) is 1.75. The van der Waals surface area contributed by atoms with Crippen molar-refractivity contribution in [3.8, 4) is 0 Å². The maximum Gasteiger partial charge on any atom is 0.416 e. The van der Waals surface area contributed by atoms with Gasteiger partial charge < -0.3 is 10.7 Å². The fourth-order valence-electron chi connectivity index (χ4n) is 1.75. The average molecular weight is 290 g/mol. The van der Waals surface area contributed by atoms with Crippen molar-refractivity contribution >= 4 is 11.6 Å². The van der Waals surface area contributed by atoms with Crippen molar-refractivity contribution in [3.63, 3.8) is 0 Å². The van der Waals surface area contributed by atoms with Crippen LogP contribution in [0.15, 0.2) is 12.1 Å². The van der Waals surface area contributed by atoms with Gasteiger partial charge in [-0.25, -0.2) is 10.8 Å². The van der Waals surface area contributed by atoms with Crippen molar-refractivity contribution in [2.24, 2.45) is 11.8 Å². The maximum atomic E-state index is 12.8. The molecule has 0 aromatic carbocycles. The topological polar surface area (TPSA) is 63.0 Å². The number of rotatable bonds is 6. The minimum absolute atomic E-state index is 0.0154. The highest BCUT2D eigenvalue weighted by Gasteiger charge is 2.31. The van der Waals surface area contributed by atoms with E-state index in [9.17, 15) is 13.2 Å². The molecule has 0 saturated heterocycles. The third kappa shape index (κ3) is 5.24. The zero-order chi connectivity index (χ0) is 15.3. The summed E-state index contributed by atoms with van der Waals surface area (Å²) in [5.41, 5.74) is 1.37. The summed E-state index contributed by atoms with van der Waals surface area (Å²) >= 11 is 0. The molecule has 1 heterocycles. The first kappa shape index (κ1) is 16.6. The number of halogens is 3. The van der Waals surface area contributed by atoms with Crippen molar-refractivity contribution in [1.82, 2.24) is 4.98 Å². The average Bonchev–Trinajstić information content (AvgIpc) is 2.34. The Morgan fingerprint density at radius 1 is 1.15 bits per heavy atom. The van der Waals surface area contributed by atoms with Gasteiger partial charge in [-0.3, -0.25) is 0 Å². The number of nitrogen functional groups attached to an aromatic ring is 1. The van der Waals surface area contributed by atoms with E-state index in [4.69, 9.17) is 5.84 Å². The van der Waals surface area contributed by atoms with E-state index in [1.54, 1.807) is 0 Å². The first-order valence-corrected chi connectivity index (χ1v) is 6.54. The van der Waals surface area contributed by atoms with Gasteiger partial charge in [-0.1, -0.05) is 13.8 Å². The van der Waals surface area contributed by atoms with Crippen molar-refractivity contribution in [1.29, 1.82) is 0 Å². The van der Waals surface area contributed by atoms with Gasteiger partial charge in [0.25, 0.3) is 0 Å². The Kier molecular flexibility index (Phi) is 5.62. The number of aromatic nitrogens is 1. The zero-order valence-electron chi connectivity index (χ0n) is 11.9. The van der Waals surface area contributed by atoms with Gasteiger partial charge in [-0.15, -0.1) is 0 Å². The van der Waals surface area contributed by atoms with Crippen LogP contribution in [0, 0.1) is 5.92 Å². The molecule has 1 atom stereocenters. The molecule has 0 spiro atoms. The molecule has 0 radical (unpaired) electrons. The monoisotopic (exact) mass is 290 g/mol. The number of hydrogen-bond donors (Lipinski definition) is 3. The Morgan fingerprint density at radius 3 is 2.25 bits per heavy atom. The van der Waals surface area contributed by atoms with Gasteiger partial charge >= 0.3 is 6.18 Å². The highest BCUT2D eigenvalue weighted by molar-refractivity contribution is 5.49. The Balaban J connectivity index is 2.84. The van der Waals surface area contributed by atoms with Crippen LogP contribution in [-0.4, -0.2) is 11.0 Å². The summed E-state index contributed by atoms with van der Waals surface area (Å²) in [4.78, 5) is 3.99. The largest absolute Gasteiger partial charge is 0.416 e. The van der Waals surface area contributed by atoms with Gasteiger partial charge in [-0.2, -0.15) is 13.2 Å². The molecule has 0 fully saturated rings. The molecule has 4 nitrogen and oxygen atoms in total. The minimum Gasteiger partial charge on any atom is -0.368 e. The second-order valence-electron chi connectivity index (χ2n) is 5.28. The molecule has 7 heteroatoms. The molecule has 4 N–H and O–H groups in total. The van der Waals surface area contributed by atoms with Gasteiger partial charge in [-0.05, 0) is 37.8 Å². The first-order valence-electron chi connectivity index (χ1n) is 6.54. The number of anilines is 2. The van der Waals surface area contributed by atoms with Crippen LogP contribution in [0.2, 0.25) is 0 Å². The van der Waals surface area contributed by atoms with E-state index >= 15 is 0 Å². The molecular formula is C13H21F3N4. The molecule has 1 rings (SSSR count). The Bertz CT molecular complexity index is 432. The number of pyridine rings is 1. The zero-order valence-corrected chi connectivity index (χ0v) is 11.9. The molecule has 0 aliphatic carbocycles. The summed E-state index contributed by atoms with van der Waals surface area (Å²) in [5, 5.41) is 2.98. The number of nitrogens with one attached hydrogen (secondary N) is 2. The van der Waals surface area contributed by atoms with Gasteiger partial charge in [0.1, 0.15) is 11.6 Å². The molecule has 0 amide bonds. The second kappa shape index (κ2) is 6.78. The van der Waals surface area contributed by atoms with E-state index < -0.39 is 11.7 Å². The number of hydrogen-bond acceptors (Lipinski definition) is 4. The van der Waals surface area contributed by atoms with Gasteiger partial charge in [0, 0.05) is 6.04 Å². The lowest BCUT2D eigenvalue weighted by Gasteiger charge is -2.17. The lowest BCUT2D eigenvalue weighted by Crippen LogP contribution is -2.19. The highest BCUT2D eigenvalue weighted by Crippen LogP contribution is 2.32. The van der Waals surface area contributed by atoms with Crippen molar-refractivity contribution < 1.29 is 13.2 Å². The molecule has 20 heavy (non-hydrogen) atoms. The third-order valence-electron chi connectivity index (χ3n) is 2.87. The lowest BCUT2D eigenvalue weighted by molar-refractivity contribution is -0.137. The molecule has 1 aromatic rings. The van der Waals surface area contributed by atoms with E-state index in [2.05, 4.69) is 29.6 Å². The van der Waals surface area contributed by atoms with Crippen LogP contribution in [0.4, 0.5) is 24.8 Å². The predicted octanol–water partition coefficient (Wildman–Crippen LogP) is 3.62. The summed E-state index contributed by atoms with van der Waals surface area (Å²) in [6.45, 7) is 6.12. The van der Waals surface area contributed by atoms with E-state index in [1.165, 1.54) is 0 Å². The number of nitrogens with zero attached hydrogens (tertiary/aromatic N) is 1. The van der Waals surface area contributed by atoms with Crippen molar-refractivity contribution in [2.75, 3.05) is 10.7 Å². The molecule has 1 aromatic heterocycles. The number of nitrogens with two attached hydrogens (primary N) is 1. The molecule has 0 bridgehead atoms. The number of hydrazine groups is 1. The minimum atomic E-state index is -4.42. The van der Waals surface area contributed by atoms with Crippen LogP contribution >= 0.6 is 0 Å². The van der Waals surface area contributed by atoms with Crippen LogP contribution in [0.5, 0.6) is 0 Å². The van der Waals surface area contributed by atoms with Gasteiger partial charge in [0.2, 0.25) is 0 Å². The van der Waals surface area contributed by atoms with E-state index in [1.807, 2.05) is 6.92 Å².